The highest BCUT2D eigenvalue weighted by Crippen LogP contribution is 2.19. The number of nitrogens with one attached hydrogen (secondary N) is 1. The average molecular weight is 471 g/mol. The Morgan fingerprint density at radius 3 is 2.46 bits per heavy atom. The molecule has 0 aliphatic heterocycles. The van der Waals surface area contributed by atoms with Gasteiger partial charge in [0.1, 0.15) is 24.7 Å². The van der Waals surface area contributed by atoms with Gasteiger partial charge in [-0.25, -0.2) is 4.98 Å². The van der Waals surface area contributed by atoms with Gasteiger partial charge in [0.2, 0.25) is 11.8 Å². The molecule has 1 heterocycles. The molecule has 2 amide bonds. The van der Waals surface area contributed by atoms with E-state index in [1.807, 2.05) is 97.3 Å². The maximum atomic E-state index is 13.4. The van der Waals surface area contributed by atoms with E-state index < -0.39 is 0 Å². The first-order chi connectivity index (χ1) is 17.0. The molecule has 0 unspecified atom stereocenters. The summed E-state index contributed by atoms with van der Waals surface area (Å²) in [6.07, 6.45) is 0.748. The molecule has 7 nitrogen and oxygen atoms in total. The number of nitrogens with zero attached hydrogens (tertiary/aromatic N) is 3. The minimum absolute atomic E-state index is 0.0104. The fraction of sp³-hybridized carbons (Fsp3) is 0.250. The minimum atomic E-state index is -0.218. The van der Waals surface area contributed by atoms with Gasteiger partial charge >= 0.3 is 0 Å². The van der Waals surface area contributed by atoms with E-state index in [0.717, 1.165) is 34.5 Å². The molecule has 0 aliphatic rings. The van der Waals surface area contributed by atoms with Crippen LogP contribution in [0.1, 0.15) is 24.7 Å². The summed E-state index contributed by atoms with van der Waals surface area (Å²) >= 11 is 0. The average Bonchev–Trinajstić information content (AvgIpc) is 3.21. The molecule has 4 rings (SSSR count). The van der Waals surface area contributed by atoms with Crippen LogP contribution in [0.2, 0.25) is 0 Å². The molecule has 1 N–H and O–H groups in total. The molecule has 0 radical (unpaired) electrons. The molecule has 0 bridgehead atoms. The number of hydrogen-bond donors (Lipinski definition) is 1. The Labute approximate surface area is 205 Å². The van der Waals surface area contributed by atoms with Crippen LogP contribution in [-0.4, -0.2) is 39.4 Å². The summed E-state index contributed by atoms with van der Waals surface area (Å²) in [5.74, 6) is 1.03. The zero-order valence-electron chi connectivity index (χ0n) is 20.1. The third-order valence-corrected chi connectivity index (χ3v) is 5.74. The molecule has 4 aromatic rings. The third-order valence-electron chi connectivity index (χ3n) is 5.74. The van der Waals surface area contributed by atoms with Crippen molar-refractivity contribution >= 4 is 28.5 Å². The predicted octanol–water partition coefficient (Wildman–Crippen LogP) is 4.80. The summed E-state index contributed by atoms with van der Waals surface area (Å²) in [5.41, 5.74) is 3.38. The number of rotatable bonds is 10. The van der Waals surface area contributed by atoms with Gasteiger partial charge in [0.15, 0.2) is 0 Å². The monoisotopic (exact) mass is 470 g/mol. The molecule has 0 saturated heterocycles. The molecule has 0 fully saturated rings. The Morgan fingerprint density at radius 1 is 0.971 bits per heavy atom. The fourth-order valence-corrected chi connectivity index (χ4v) is 3.95. The van der Waals surface area contributed by atoms with Crippen molar-refractivity contribution in [1.29, 1.82) is 0 Å². The Bertz CT molecular complexity index is 1300. The van der Waals surface area contributed by atoms with Crippen LogP contribution >= 0.6 is 0 Å². The summed E-state index contributed by atoms with van der Waals surface area (Å²) in [4.78, 5) is 32.4. The summed E-state index contributed by atoms with van der Waals surface area (Å²) in [7, 11) is 0. The van der Waals surface area contributed by atoms with E-state index in [0.29, 0.717) is 12.4 Å². The Morgan fingerprint density at radius 2 is 1.69 bits per heavy atom. The fourth-order valence-electron chi connectivity index (χ4n) is 3.95. The lowest BCUT2D eigenvalue weighted by Gasteiger charge is -2.23. The van der Waals surface area contributed by atoms with Gasteiger partial charge in [-0.2, -0.15) is 0 Å². The van der Waals surface area contributed by atoms with E-state index in [9.17, 15) is 9.59 Å². The minimum Gasteiger partial charge on any atom is -0.486 e. The highest BCUT2D eigenvalue weighted by molar-refractivity contribution is 5.95. The zero-order valence-corrected chi connectivity index (χ0v) is 20.1. The predicted molar refractivity (Wildman–Crippen MR) is 137 cm³/mol. The van der Waals surface area contributed by atoms with Crippen LogP contribution in [-0.2, 0) is 22.7 Å². The SMILES string of the molecule is CCCN(CC(=O)Nc1ccccc1C)C(=O)Cn1c(COc2ccccc2)nc2ccccc21. The molecule has 0 saturated carbocycles. The second kappa shape index (κ2) is 11.3. The quantitative estimate of drug-likeness (QED) is 0.361. The van der Waals surface area contributed by atoms with Gasteiger partial charge in [-0.15, -0.1) is 0 Å². The molecule has 7 heteroatoms. The van der Waals surface area contributed by atoms with Crippen LogP contribution in [0.25, 0.3) is 11.0 Å². The van der Waals surface area contributed by atoms with Crippen molar-refractivity contribution in [2.45, 2.75) is 33.4 Å². The lowest BCUT2D eigenvalue weighted by molar-refractivity contribution is -0.135. The van der Waals surface area contributed by atoms with Crippen molar-refractivity contribution in [3.05, 3.63) is 90.3 Å². The number of hydrogen-bond acceptors (Lipinski definition) is 4. The van der Waals surface area contributed by atoms with Gasteiger partial charge in [0.25, 0.3) is 0 Å². The van der Waals surface area contributed by atoms with Gasteiger partial charge in [-0.3, -0.25) is 9.59 Å². The molecular formula is C28H30N4O3. The number of amides is 2. The number of anilines is 1. The maximum Gasteiger partial charge on any atom is 0.244 e. The zero-order chi connectivity index (χ0) is 24.6. The number of benzene rings is 3. The Balaban J connectivity index is 1.51. The van der Waals surface area contributed by atoms with Gasteiger partial charge in [-0.1, -0.05) is 55.5 Å². The molecule has 180 valence electrons. The van der Waals surface area contributed by atoms with E-state index >= 15 is 0 Å². The molecule has 0 aliphatic carbocycles. The normalized spacial score (nSPS) is 10.8. The summed E-state index contributed by atoms with van der Waals surface area (Å²) in [5, 5.41) is 2.92. The largest absolute Gasteiger partial charge is 0.486 e. The number of imidazole rings is 1. The van der Waals surface area contributed by atoms with Crippen molar-refractivity contribution in [3.63, 3.8) is 0 Å². The topological polar surface area (TPSA) is 76.5 Å². The van der Waals surface area contributed by atoms with Crippen molar-refractivity contribution in [1.82, 2.24) is 14.5 Å². The third kappa shape index (κ3) is 6.06. The van der Waals surface area contributed by atoms with Gasteiger partial charge in [-0.05, 0) is 49.2 Å². The van der Waals surface area contributed by atoms with Crippen LogP contribution in [0, 0.1) is 6.92 Å². The summed E-state index contributed by atoms with van der Waals surface area (Å²) < 4.78 is 7.80. The van der Waals surface area contributed by atoms with E-state index in [1.54, 1.807) is 4.90 Å². The first-order valence-electron chi connectivity index (χ1n) is 11.8. The second-order valence-corrected chi connectivity index (χ2v) is 8.38. The molecule has 35 heavy (non-hydrogen) atoms. The first kappa shape index (κ1) is 24.0. The number of para-hydroxylation sites is 4. The molecule has 0 atom stereocenters. The summed E-state index contributed by atoms with van der Waals surface area (Å²) in [6, 6.07) is 24.8. The number of carbonyl (C=O) groups excluding carboxylic acids is 2. The van der Waals surface area contributed by atoms with Gasteiger partial charge < -0.3 is 19.5 Å². The van der Waals surface area contributed by atoms with Crippen molar-refractivity contribution in [2.24, 2.45) is 0 Å². The van der Waals surface area contributed by atoms with Crippen LogP contribution in [0.15, 0.2) is 78.9 Å². The maximum absolute atomic E-state index is 13.4. The van der Waals surface area contributed by atoms with E-state index in [2.05, 4.69) is 5.32 Å². The second-order valence-electron chi connectivity index (χ2n) is 8.38. The van der Waals surface area contributed by atoms with Crippen LogP contribution in [0.4, 0.5) is 5.69 Å². The number of aromatic nitrogens is 2. The van der Waals surface area contributed by atoms with Crippen molar-refractivity contribution in [2.75, 3.05) is 18.4 Å². The molecule has 0 spiro atoms. The van der Waals surface area contributed by atoms with Crippen LogP contribution < -0.4 is 10.1 Å². The Kier molecular flexibility index (Phi) is 7.77. The van der Waals surface area contributed by atoms with Crippen LogP contribution in [0.3, 0.4) is 0 Å². The van der Waals surface area contributed by atoms with Crippen molar-refractivity contribution < 1.29 is 14.3 Å². The van der Waals surface area contributed by atoms with E-state index in [4.69, 9.17) is 9.72 Å². The summed E-state index contributed by atoms with van der Waals surface area (Å²) in [6.45, 7) is 4.71. The van der Waals surface area contributed by atoms with Gasteiger partial charge in [0, 0.05) is 12.2 Å². The van der Waals surface area contributed by atoms with E-state index in [-0.39, 0.29) is 31.5 Å². The molecule has 1 aromatic heterocycles. The molecule has 3 aromatic carbocycles. The highest BCUT2D eigenvalue weighted by Gasteiger charge is 2.20. The van der Waals surface area contributed by atoms with Crippen LogP contribution in [0.5, 0.6) is 5.75 Å². The number of ether oxygens (including phenoxy) is 1. The highest BCUT2D eigenvalue weighted by atomic mass is 16.5. The van der Waals surface area contributed by atoms with E-state index in [1.165, 1.54) is 0 Å². The number of fused-ring (bicyclic) bond motifs is 1. The standard InChI is InChI=1S/C28H30N4O3/c1-3-17-31(18-27(33)30-23-14-8-7-11-21(23)2)28(34)19-32-25-16-10-9-15-24(25)29-26(32)20-35-22-12-5-4-6-13-22/h4-16H,3,17-20H2,1-2H3,(H,30,33). The Hall–Kier alpha value is -4.13. The number of aryl methyl sites for hydroxylation is 1. The van der Waals surface area contributed by atoms with Crippen molar-refractivity contribution in [3.8, 4) is 5.75 Å². The van der Waals surface area contributed by atoms with Gasteiger partial charge in [0.05, 0.1) is 17.6 Å². The first-order valence-corrected chi connectivity index (χ1v) is 11.8. The lowest BCUT2D eigenvalue weighted by atomic mass is 10.2. The number of carbonyl (C=O) groups is 2. The lowest BCUT2D eigenvalue weighted by Crippen LogP contribution is -2.40. The smallest absolute Gasteiger partial charge is 0.244 e. The molecular weight excluding hydrogens is 440 g/mol.